The number of nitrogens with zero attached hydrogens (tertiary/aromatic N) is 1. The van der Waals surface area contributed by atoms with Crippen LogP contribution >= 0.6 is 0 Å². The lowest BCUT2D eigenvalue weighted by molar-refractivity contribution is 0.414. The quantitative estimate of drug-likeness (QED) is 0.738. The van der Waals surface area contributed by atoms with Crippen LogP contribution in [0.2, 0.25) is 0 Å². The van der Waals surface area contributed by atoms with Crippen molar-refractivity contribution in [1.29, 1.82) is 0 Å². The smallest absolute Gasteiger partial charge is 0.160 e. The van der Waals surface area contributed by atoms with E-state index in [1.807, 2.05) is 19.9 Å². The highest BCUT2D eigenvalue weighted by Crippen LogP contribution is 2.22. The fourth-order valence-electron chi connectivity index (χ4n) is 1.08. The van der Waals surface area contributed by atoms with Crippen LogP contribution in [0.4, 0.5) is 5.69 Å². The van der Waals surface area contributed by atoms with E-state index in [0.29, 0.717) is 6.54 Å². The summed E-state index contributed by atoms with van der Waals surface area (Å²) in [6.07, 6.45) is 1.71. The van der Waals surface area contributed by atoms with Gasteiger partial charge in [-0.05, 0) is 19.9 Å². The second-order valence-electron chi connectivity index (χ2n) is 2.81. The van der Waals surface area contributed by atoms with Crippen molar-refractivity contribution in [2.75, 3.05) is 19.0 Å². The van der Waals surface area contributed by atoms with E-state index in [-0.39, 0.29) is 0 Å². The summed E-state index contributed by atoms with van der Waals surface area (Å²) in [6.45, 7) is 4.38. The molecule has 0 saturated heterocycles. The summed E-state index contributed by atoms with van der Waals surface area (Å²) in [5, 5.41) is 3.17. The van der Waals surface area contributed by atoms with Gasteiger partial charge in [0.1, 0.15) is 0 Å². The fraction of sp³-hybridized carbons (Fsp3) is 0.364. The Kier molecular flexibility index (Phi) is 3.81. The lowest BCUT2D eigenvalue weighted by atomic mass is 10.3. The van der Waals surface area contributed by atoms with E-state index in [2.05, 4.69) is 22.1 Å². The van der Waals surface area contributed by atoms with Crippen molar-refractivity contribution >= 4 is 5.69 Å². The minimum Gasteiger partial charge on any atom is -0.493 e. The molecule has 0 amide bonds. The molecule has 1 N–H and O–H groups in total. The normalized spacial score (nSPS) is 8.79. The van der Waals surface area contributed by atoms with Gasteiger partial charge in [0.25, 0.3) is 0 Å². The van der Waals surface area contributed by atoms with Crippen molar-refractivity contribution in [1.82, 2.24) is 4.98 Å². The first-order valence-corrected chi connectivity index (χ1v) is 4.42. The first-order chi connectivity index (χ1) is 6.77. The number of aryl methyl sites for hydroxylation is 1. The summed E-state index contributed by atoms with van der Waals surface area (Å²) < 4.78 is 5.16. The lowest BCUT2D eigenvalue weighted by Gasteiger charge is -2.08. The molecule has 0 atom stereocenters. The highest BCUT2D eigenvalue weighted by Gasteiger charge is 2.01. The van der Waals surface area contributed by atoms with Crippen molar-refractivity contribution in [3.8, 4) is 17.6 Å². The van der Waals surface area contributed by atoms with Crippen LogP contribution in [0.25, 0.3) is 0 Å². The van der Waals surface area contributed by atoms with Gasteiger partial charge in [-0.1, -0.05) is 5.92 Å². The summed E-state index contributed by atoms with van der Waals surface area (Å²) in [6, 6.07) is 1.94. The molecule has 3 heteroatoms. The van der Waals surface area contributed by atoms with Gasteiger partial charge in [0.2, 0.25) is 0 Å². The van der Waals surface area contributed by atoms with Crippen LogP contribution in [-0.4, -0.2) is 18.6 Å². The molecule has 14 heavy (non-hydrogen) atoms. The third kappa shape index (κ3) is 2.67. The minimum atomic E-state index is 0.621. The molecule has 0 saturated carbocycles. The maximum Gasteiger partial charge on any atom is 0.160 e. The zero-order valence-corrected chi connectivity index (χ0v) is 8.72. The molecule has 1 aromatic rings. The number of anilines is 1. The molecule has 0 aliphatic heterocycles. The number of rotatable bonds is 3. The Morgan fingerprint density at radius 2 is 2.36 bits per heavy atom. The molecule has 3 nitrogen and oxygen atoms in total. The third-order valence-corrected chi connectivity index (χ3v) is 1.77. The van der Waals surface area contributed by atoms with Gasteiger partial charge in [0, 0.05) is 5.69 Å². The highest BCUT2D eigenvalue weighted by molar-refractivity contribution is 5.56. The second-order valence-corrected chi connectivity index (χ2v) is 2.81. The van der Waals surface area contributed by atoms with Gasteiger partial charge < -0.3 is 10.1 Å². The van der Waals surface area contributed by atoms with Gasteiger partial charge >= 0.3 is 0 Å². The molecule has 0 aromatic carbocycles. The van der Waals surface area contributed by atoms with Gasteiger partial charge in [-0.2, -0.15) is 0 Å². The Hall–Kier alpha value is -1.69. The van der Waals surface area contributed by atoms with Crippen molar-refractivity contribution in [2.24, 2.45) is 0 Å². The fourth-order valence-corrected chi connectivity index (χ4v) is 1.08. The molecule has 1 aromatic heterocycles. The predicted octanol–water partition coefficient (Wildman–Crippen LogP) is 1.83. The van der Waals surface area contributed by atoms with E-state index >= 15 is 0 Å². The average molecular weight is 190 g/mol. The van der Waals surface area contributed by atoms with E-state index in [1.54, 1.807) is 13.3 Å². The van der Waals surface area contributed by atoms with E-state index in [9.17, 15) is 0 Å². The molecule has 0 fully saturated rings. The van der Waals surface area contributed by atoms with Gasteiger partial charge in [-0.25, -0.2) is 0 Å². The zero-order chi connectivity index (χ0) is 10.4. The molecule has 1 heterocycles. The average Bonchev–Trinajstić information content (AvgIpc) is 2.19. The Balaban J connectivity index is 2.80. The standard InChI is InChI=1S/C11H14N2O/c1-4-5-6-12-10-7-9(2)13-8-11(10)14-3/h7-8H,6H2,1-3H3,(H,12,13). The molecule has 1 rings (SSSR count). The number of pyridine rings is 1. The molecule has 0 aliphatic carbocycles. The Morgan fingerprint density at radius 3 is 3.00 bits per heavy atom. The summed E-state index contributed by atoms with van der Waals surface area (Å²) in [7, 11) is 1.63. The number of aromatic nitrogens is 1. The van der Waals surface area contributed by atoms with E-state index in [0.717, 1.165) is 17.1 Å². The first kappa shape index (κ1) is 10.4. The van der Waals surface area contributed by atoms with Crippen molar-refractivity contribution < 1.29 is 4.74 Å². The van der Waals surface area contributed by atoms with Gasteiger partial charge in [0.15, 0.2) is 5.75 Å². The van der Waals surface area contributed by atoms with Crippen LogP contribution in [0.5, 0.6) is 5.75 Å². The summed E-state index contributed by atoms with van der Waals surface area (Å²) in [4.78, 5) is 4.14. The number of hydrogen-bond donors (Lipinski definition) is 1. The minimum absolute atomic E-state index is 0.621. The lowest BCUT2D eigenvalue weighted by Crippen LogP contribution is -2.02. The Labute approximate surface area is 84.5 Å². The molecule has 0 radical (unpaired) electrons. The molecular formula is C11H14N2O. The van der Waals surface area contributed by atoms with Crippen LogP contribution in [0.1, 0.15) is 12.6 Å². The van der Waals surface area contributed by atoms with Crippen molar-refractivity contribution in [2.45, 2.75) is 13.8 Å². The predicted molar refractivity (Wildman–Crippen MR) is 57.5 cm³/mol. The SMILES string of the molecule is CC#CCNc1cc(C)ncc1OC. The van der Waals surface area contributed by atoms with Crippen molar-refractivity contribution in [3.63, 3.8) is 0 Å². The summed E-state index contributed by atoms with van der Waals surface area (Å²) in [5.74, 6) is 6.50. The summed E-state index contributed by atoms with van der Waals surface area (Å²) in [5.41, 5.74) is 1.89. The van der Waals surface area contributed by atoms with Crippen LogP contribution in [0, 0.1) is 18.8 Å². The number of methoxy groups -OCH3 is 1. The number of hydrogen-bond acceptors (Lipinski definition) is 3. The Morgan fingerprint density at radius 1 is 1.57 bits per heavy atom. The second kappa shape index (κ2) is 5.13. The monoisotopic (exact) mass is 190 g/mol. The van der Waals surface area contributed by atoms with E-state index < -0.39 is 0 Å². The first-order valence-electron chi connectivity index (χ1n) is 4.42. The van der Waals surface area contributed by atoms with Crippen LogP contribution in [0.15, 0.2) is 12.3 Å². The molecule has 0 aliphatic rings. The maximum atomic E-state index is 5.16. The third-order valence-electron chi connectivity index (χ3n) is 1.77. The van der Waals surface area contributed by atoms with Crippen LogP contribution in [-0.2, 0) is 0 Å². The summed E-state index contributed by atoms with van der Waals surface area (Å²) >= 11 is 0. The molecule has 74 valence electrons. The maximum absolute atomic E-state index is 5.16. The van der Waals surface area contributed by atoms with Crippen LogP contribution in [0.3, 0.4) is 0 Å². The van der Waals surface area contributed by atoms with Gasteiger partial charge in [-0.3, -0.25) is 4.98 Å². The van der Waals surface area contributed by atoms with Crippen LogP contribution < -0.4 is 10.1 Å². The number of nitrogens with one attached hydrogen (secondary N) is 1. The number of ether oxygens (including phenoxy) is 1. The molecule has 0 bridgehead atoms. The topological polar surface area (TPSA) is 34.2 Å². The van der Waals surface area contributed by atoms with Gasteiger partial charge in [-0.15, -0.1) is 5.92 Å². The zero-order valence-electron chi connectivity index (χ0n) is 8.72. The van der Waals surface area contributed by atoms with Crippen molar-refractivity contribution in [3.05, 3.63) is 18.0 Å². The molecular weight excluding hydrogens is 176 g/mol. The van der Waals surface area contributed by atoms with Gasteiger partial charge in [0.05, 0.1) is 25.5 Å². The largest absolute Gasteiger partial charge is 0.493 e. The van der Waals surface area contributed by atoms with E-state index in [4.69, 9.17) is 4.74 Å². The van der Waals surface area contributed by atoms with E-state index in [1.165, 1.54) is 0 Å². The molecule has 0 unspecified atom stereocenters. The molecule has 0 spiro atoms. The highest BCUT2D eigenvalue weighted by atomic mass is 16.5. The Bertz CT molecular complexity index is 363.